The van der Waals surface area contributed by atoms with E-state index < -0.39 is 43.3 Å². The fourth-order valence-electron chi connectivity index (χ4n) is 3.30. The fraction of sp³-hybridized carbons (Fsp3) is 0.273. The van der Waals surface area contributed by atoms with Crippen LogP contribution in [-0.4, -0.2) is 46.8 Å². The topological polar surface area (TPSA) is 86.1 Å². The predicted octanol–water partition coefficient (Wildman–Crippen LogP) is 3.79. The molecule has 1 aromatic carbocycles. The molecule has 1 atom stereocenters. The molecule has 0 bridgehead atoms. The van der Waals surface area contributed by atoms with Crippen LogP contribution >= 0.6 is 11.6 Å². The van der Waals surface area contributed by atoms with Crippen molar-refractivity contribution in [2.45, 2.75) is 25.3 Å². The van der Waals surface area contributed by atoms with E-state index in [0.717, 1.165) is 16.0 Å². The summed E-state index contributed by atoms with van der Waals surface area (Å²) in [5.41, 5.74) is 2.58. The van der Waals surface area contributed by atoms with Crippen LogP contribution in [0.4, 0.5) is 8.78 Å². The summed E-state index contributed by atoms with van der Waals surface area (Å²) >= 11 is 5.91. The third-order valence-electron chi connectivity index (χ3n) is 4.91. The Balaban J connectivity index is 1.72. The molecule has 2 aromatic rings. The summed E-state index contributed by atoms with van der Waals surface area (Å²) in [6.45, 7) is 0.551. The first kappa shape index (κ1) is 22.4. The molecule has 1 fully saturated rings. The zero-order valence-electron chi connectivity index (χ0n) is 16.6. The third kappa shape index (κ3) is 5.44. The summed E-state index contributed by atoms with van der Waals surface area (Å²) in [6, 6.07) is 9.21. The van der Waals surface area contributed by atoms with Crippen LogP contribution in [-0.2, 0) is 4.79 Å². The Labute approximate surface area is 183 Å². The van der Waals surface area contributed by atoms with Crippen LogP contribution in [0.2, 0.25) is 5.02 Å². The van der Waals surface area contributed by atoms with Crippen molar-refractivity contribution >= 4 is 35.1 Å². The van der Waals surface area contributed by atoms with Gasteiger partial charge in [0.1, 0.15) is 6.04 Å². The zero-order chi connectivity index (χ0) is 22.6. The molecule has 0 radical (unpaired) electrons. The normalized spacial score (nSPS) is 17.8. The number of nitriles is 1. The lowest BCUT2D eigenvalue weighted by atomic mass is 10.0. The lowest BCUT2D eigenvalue weighted by Crippen LogP contribution is -2.43. The molecule has 1 aliphatic rings. The fourth-order valence-corrected chi connectivity index (χ4v) is 3.43. The molecule has 2 amide bonds. The number of amides is 2. The maximum absolute atomic E-state index is 13.5. The minimum atomic E-state index is -3.11. The van der Waals surface area contributed by atoms with Gasteiger partial charge in [0.15, 0.2) is 0 Å². The summed E-state index contributed by atoms with van der Waals surface area (Å²) in [7, 11) is 0. The molecule has 1 N–H and O–H groups in total. The molecular weight excluding hydrogens is 426 g/mol. The van der Waals surface area contributed by atoms with Crippen LogP contribution in [0.25, 0.3) is 11.6 Å². The van der Waals surface area contributed by atoms with E-state index in [0.29, 0.717) is 10.6 Å². The summed E-state index contributed by atoms with van der Waals surface area (Å²) < 4.78 is 27.1. The Morgan fingerprint density at radius 2 is 2.06 bits per heavy atom. The number of allylic oxidation sites excluding steroid dienone is 1. The van der Waals surface area contributed by atoms with Crippen molar-refractivity contribution in [3.05, 3.63) is 64.4 Å². The number of hydrogen-bond donors (Lipinski definition) is 1. The number of carbonyl (C=O) groups excluding carboxylic acids is 2. The molecule has 9 heteroatoms. The minimum absolute atomic E-state index is 0.277. The van der Waals surface area contributed by atoms with E-state index in [1.165, 1.54) is 18.5 Å². The largest absolute Gasteiger partial charge is 0.343 e. The van der Waals surface area contributed by atoms with Crippen molar-refractivity contribution in [3.63, 3.8) is 0 Å². The molecule has 3 rings (SSSR count). The molecule has 0 aliphatic carbocycles. The lowest BCUT2D eigenvalue weighted by molar-refractivity contribution is -0.131. The van der Waals surface area contributed by atoms with Crippen molar-refractivity contribution in [2.24, 2.45) is 0 Å². The second kappa shape index (κ2) is 9.23. The van der Waals surface area contributed by atoms with Crippen LogP contribution in [0, 0.1) is 11.3 Å². The van der Waals surface area contributed by atoms with Crippen molar-refractivity contribution in [1.29, 1.82) is 5.26 Å². The van der Waals surface area contributed by atoms with E-state index in [1.807, 2.05) is 19.1 Å². The summed E-state index contributed by atoms with van der Waals surface area (Å²) in [5.74, 6) is -4.39. The molecule has 1 aromatic heterocycles. The summed E-state index contributed by atoms with van der Waals surface area (Å²) in [4.78, 5) is 29.8. The number of halogens is 3. The van der Waals surface area contributed by atoms with Crippen LogP contribution < -0.4 is 5.32 Å². The Morgan fingerprint density at radius 3 is 2.74 bits per heavy atom. The number of nitrogens with zero attached hydrogens (tertiary/aromatic N) is 3. The van der Waals surface area contributed by atoms with Crippen LogP contribution in [0.1, 0.15) is 34.8 Å². The van der Waals surface area contributed by atoms with Crippen LogP contribution in [0.15, 0.2) is 42.7 Å². The quantitative estimate of drug-likeness (QED) is 0.760. The molecule has 160 valence electrons. The van der Waals surface area contributed by atoms with Gasteiger partial charge >= 0.3 is 0 Å². The van der Waals surface area contributed by atoms with Gasteiger partial charge in [0.05, 0.1) is 19.2 Å². The van der Waals surface area contributed by atoms with E-state index in [2.05, 4.69) is 10.3 Å². The number of pyridine rings is 1. The number of alkyl halides is 2. The Morgan fingerprint density at radius 1 is 1.35 bits per heavy atom. The summed E-state index contributed by atoms with van der Waals surface area (Å²) in [6.07, 6.45) is 4.04. The molecule has 31 heavy (non-hydrogen) atoms. The molecule has 0 saturated carbocycles. The molecule has 6 nitrogen and oxygen atoms in total. The average Bonchev–Trinajstić information content (AvgIpc) is 3.07. The van der Waals surface area contributed by atoms with Gasteiger partial charge in [0, 0.05) is 35.0 Å². The molecule has 0 spiro atoms. The number of benzene rings is 1. The predicted molar refractivity (Wildman–Crippen MR) is 112 cm³/mol. The third-order valence-corrected chi connectivity index (χ3v) is 5.16. The maximum atomic E-state index is 13.5. The smallest absolute Gasteiger partial charge is 0.268 e. The van der Waals surface area contributed by atoms with Gasteiger partial charge in [0.25, 0.3) is 11.8 Å². The van der Waals surface area contributed by atoms with E-state index in [1.54, 1.807) is 24.3 Å². The van der Waals surface area contributed by atoms with Gasteiger partial charge in [-0.1, -0.05) is 23.7 Å². The maximum Gasteiger partial charge on any atom is 0.268 e. The first-order valence-corrected chi connectivity index (χ1v) is 9.81. The Kier molecular flexibility index (Phi) is 6.66. The molecular formula is C22H19ClF2N4O2. The lowest BCUT2D eigenvalue weighted by Gasteiger charge is -2.19. The van der Waals surface area contributed by atoms with Gasteiger partial charge in [-0.05, 0) is 42.3 Å². The standard InChI is InChI=1S/C22H19ClF2N4O2/c1-14(15-2-4-17(23)5-3-15)8-16-11-27-7-6-19(16)21(31)28-12-20(30)29-13-22(24,25)9-18(29)10-26/h2-8,11,18H,9,12-13H2,1H3,(H,28,31). The van der Waals surface area contributed by atoms with Gasteiger partial charge in [0.2, 0.25) is 5.91 Å². The molecule has 2 heterocycles. The average molecular weight is 445 g/mol. The highest BCUT2D eigenvalue weighted by Gasteiger charge is 2.47. The van der Waals surface area contributed by atoms with E-state index in [4.69, 9.17) is 16.9 Å². The van der Waals surface area contributed by atoms with Crippen molar-refractivity contribution in [2.75, 3.05) is 13.1 Å². The second-order valence-electron chi connectivity index (χ2n) is 7.21. The molecule has 1 unspecified atom stereocenters. The highest BCUT2D eigenvalue weighted by molar-refractivity contribution is 6.30. The SMILES string of the molecule is CC(=Cc1cnccc1C(=O)NCC(=O)N1CC(F)(F)CC1C#N)c1ccc(Cl)cc1. The van der Waals surface area contributed by atoms with Gasteiger partial charge in [-0.2, -0.15) is 5.26 Å². The van der Waals surface area contributed by atoms with Gasteiger partial charge in [-0.3, -0.25) is 14.6 Å². The number of carbonyl (C=O) groups is 2. The number of hydrogen-bond acceptors (Lipinski definition) is 4. The first-order valence-electron chi connectivity index (χ1n) is 9.43. The van der Waals surface area contributed by atoms with Crippen molar-refractivity contribution < 1.29 is 18.4 Å². The van der Waals surface area contributed by atoms with Crippen LogP contribution in [0.5, 0.6) is 0 Å². The van der Waals surface area contributed by atoms with Crippen molar-refractivity contribution in [3.8, 4) is 6.07 Å². The highest BCUT2D eigenvalue weighted by atomic mass is 35.5. The number of nitrogens with one attached hydrogen (secondary N) is 1. The van der Waals surface area contributed by atoms with Gasteiger partial charge < -0.3 is 10.2 Å². The van der Waals surface area contributed by atoms with Gasteiger partial charge in [-0.25, -0.2) is 8.78 Å². The zero-order valence-corrected chi connectivity index (χ0v) is 17.4. The van der Waals surface area contributed by atoms with E-state index in [-0.39, 0.29) is 5.56 Å². The Bertz CT molecular complexity index is 1060. The second-order valence-corrected chi connectivity index (χ2v) is 7.64. The number of aromatic nitrogens is 1. The van der Waals surface area contributed by atoms with Crippen molar-refractivity contribution in [1.82, 2.24) is 15.2 Å². The monoisotopic (exact) mass is 444 g/mol. The van der Waals surface area contributed by atoms with Crippen LogP contribution in [0.3, 0.4) is 0 Å². The number of rotatable bonds is 5. The van der Waals surface area contributed by atoms with E-state index in [9.17, 15) is 18.4 Å². The Hall–Kier alpha value is -3.31. The van der Waals surface area contributed by atoms with Gasteiger partial charge in [-0.15, -0.1) is 0 Å². The first-order chi connectivity index (χ1) is 14.7. The molecule has 1 saturated heterocycles. The summed E-state index contributed by atoms with van der Waals surface area (Å²) in [5, 5.41) is 12.1. The molecule has 1 aliphatic heterocycles. The highest BCUT2D eigenvalue weighted by Crippen LogP contribution is 2.31. The number of likely N-dealkylation sites (tertiary alicyclic amines) is 1. The van der Waals surface area contributed by atoms with E-state index >= 15 is 0 Å². The minimum Gasteiger partial charge on any atom is -0.343 e.